The average molecular weight is 219 g/mol. The molecule has 3 nitrogen and oxygen atoms in total. The molecule has 16 heavy (non-hydrogen) atoms. The number of anilines is 2. The Balaban J connectivity index is 1.94. The third kappa shape index (κ3) is 2.46. The molecule has 0 aromatic carbocycles. The number of nitrogens with two attached hydrogens (primary N) is 1. The normalized spacial score (nSPS) is 24.6. The smallest absolute Gasteiger partial charge is 0.149 e. The van der Waals surface area contributed by atoms with E-state index in [9.17, 15) is 0 Å². The molecule has 3 N–H and O–H groups in total. The molecule has 0 aliphatic heterocycles. The van der Waals surface area contributed by atoms with Gasteiger partial charge in [0.05, 0.1) is 5.69 Å². The topological polar surface area (TPSA) is 50.9 Å². The van der Waals surface area contributed by atoms with Gasteiger partial charge in [-0.2, -0.15) is 0 Å². The maximum absolute atomic E-state index is 5.92. The molecule has 2 atom stereocenters. The maximum atomic E-state index is 5.92. The van der Waals surface area contributed by atoms with E-state index in [0.717, 1.165) is 35.4 Å². The fourth-order valence-corrected chi connectivity index (χ4v) is 2.49. The highest BCUT2D eigenvalue weighted by atomic mass is 15.0. The Morgan fingerprint density at radius 3 is 2.94 bits per heavy atom. The van der Waals surface area contributed by atoms with Gasteiger partial charge in [-0.15, -0.1) is 0 Å². The van der Waals surface area contributed by atoms with Crippen LogP contribution in [0.3, 0.4) is 0 Å². The van der Waals surface area contributed by atoms with Gasteiger partial charge < -0.3 is 11.1 Å². The fraction of sp³-hybridized carbons (Fsp3) is 0.615. The van der Waals surface area contributed by atoms with E-state index in [1.807, 2.05) is 19.2 Å². The number of nitrogen functional groups attached to an aromatic ring is 1. The molecule has 1 aliphatic carbocycles. The van der Waals surface area contributed by atoms with Crippen molar-refractivity contribution < 1.29 is 0 Å². The van der Waals surface area contributed by atoms with E-state index in [2.05, 4.69) is 17.2 Å². The number of hydrogen-bond donors (Lipinski definition) is 2. The SMILES string of the molecule is Cc1cnc(NCC2CCCC2C)c(N)c1. The molecule has 0 bridgehead atoms. The Hall–Kier alpha value is -1.25. The van der Waals surface area contributed by atoms with Crippen LogP contribution in [-0.4, -0.2) is 11.5 Å². The van der Waals surface area contributed by atoms with Gasteiger partial charge in [-0.25, -0.2) is 4.98 Å². The summed E-state index contributed by atoms with van der Waals surface area (Å²) in [4.78, 5) is 4.33. The van der Waals surface area contributed by atoms with Crippen LogP contribution in [0.15, 0.2) is 12.3 Å². The molecule has 1 aromatic heterocycles. The van der Waals surface area contributed by atoms with Crippen molar-refractivity contribution in [2.45, 2.75) is 33.1 Å². The summed E-state index contributed by atoms with van der Waals surface area (Å²) in [7, 11) is 0. The summed E-state index contributed by atoms with van der Waals surface area (Å²) in [6.45, 7) is 5.35. The highest BCUT2D eigenvalue weighted by molar-refractivity contribution is 5.61. The number of pyridine rings is 1. The minimum Gasteiger partial charge on any atom is -0.396 e. The van der Waals surface area contributed by atoms with Crippen molar-refractivity contribution in [2.75, 3.05) is 17.6 Å². The third-order valence-electron chi connectivity index (χ3n) is 3.62. The Bertz CT molecular complexity index is 362. The van der Waals surface area contributed by atoms with Crippen molar-refractivity contribution in [3.8, 4) is 0 Å². The zero-order valence-corrected chi connectivity index (χ0v) is 10.2. The standard InChI is InChI=1S/C13H21N3/c1-9-6-12(14)13(15-7-9)16-8-11-5-3-4-10(11)2/h6-7,10-11H,3-5,8,14H2,1-2H3,(H,15,16). The van der Waals surface area contributed by atoms with Crippen LogP contribution in [0.1, 0.15) is 31.7 Å². The van der Waals surface area contributed by atoms with Crippen molar-refractivity contribution >= 4 is 11.5 Å². The summed E-state index contributed by atoms with van der Waals surface area (Å²) in [5.74, 6) is 2.45. The van der Waals surface area contributed by atoms with Gasteiger partial charge in [-0.3, -0.25) is 0 Å². The van der Waals surface area contributed by atoms with Crippen LogP contribution in [-0.2, 0) is 0 Å². The first-order valence-corrected chi connectivity index (χ1v) is 6.13. The molecule has 0 spiro atoms. The van der Waals surface area contributed by atoms with Gasteiger partial charge in [0.1, 0.15) is 5.82 Å². The Morgan fingerprint density at radius 2 is 2.31 bits per heavy atom. The van der Waals surface area contributed by atoms with Crippen molar-refractivity contribution in [1.82, 2.24) is 4.98 Å². The molecule has 1 fully saturated rings. The van der Waals surface area contributed by atoms with Crippen LogP contribution in [0.4, 0.5) is 11.5 Å². The van der Waals surface area contributed by atoms with E-state index in [1.165, 1.54) is 19.3 Å². The van der Waals surface area contributed by atoms with Crippen LogP contribution in [0.5, 0.6) is 0 Å². The number of nitrogens with zero attached hydrogens (tertiary/aromatic N) is 1. The molecule has 2 rings (SSSR count). The summed E-state index contributed by atoms with van der Waals surface area (Å²) in [6, 6.07) is 1.97. The summed E-state index contributed by atoms with van der Waals surface area (Å²) in [5.41, 5.74) is 7.78. The van der Waals surface area contributed by atoms with Crippen LogP contribution >= 0.6 is 0 Å². The first kappa shape index (κ1) is 11.2. The third-order valence-corrected chi connectivity index (χ3v) is 3.62. The lowest BCUT2D eigenvalue weighted by molar-refractivity contribution is 0.439. The van der Waals surface area contributed by atoms with Gasteiger partial charge in [0.25, 0.3) is 0 Å². The number of aryl methyl sites for hydroxylation is 1. The second-order valence-corrected chi connectivity index (χ2v) is 5.00. The summed E-state index contributed by atoms with van der Waals surface area (Å²) >= 11 is 0. The second kappa shape index (κ2) is 4.73. The molecule has 2 unspecified atom stereocenters. The van der Waals surface area contributed by atoms with E-state index in [1.54, 1.807) is 0 Å². The highest BCUT2D eigenvalue weighted by Gasteiger charge is 2.23. The Morgan fingerprint density at radius 1 is 1.50 bits per heavy atom. The van der Waals surface area contributed by atoms with E-state index in [0.29, 0.717) is 0 Å². The molecular formula is C13H21N3. The van der Waals surface area contributed by atoms with E-state index in [-0.39, 0.29) is 0 Å². The van der Waals surface area contributed by atoms with Crippen LogP contribution in [0.25, 0.3) is 0 Å². The minimum absolute atomic E-state index is 0.755. The first-order valence-electron chi connectivity index (χ1n) is 6.13. The highest BCUT2D eigenvalue weighted by Crippen LogP contribution is 2.31. The molecule has 1 aliphatic rings. The van der Waals surface area contributed by atoms with Gasteiger partial charge in [-0.05, 0) is 36.8 Å². The van der Waals surface area contributed by atoms with Crippen LogP contribution in [0, 0.1) is 18.8 Å². The van der Waals surface area contributed by atoms with Gasteiger partial charge in [0, 0.05) is 12.7 Å². The van der Waals surface area contributed by atoms with Gasteiger partial charge in [0.2, 0.25) is 0 Å². The molecular weight excluding hydrogens is 198 g/mol. The monoisotopic (exact) mass is 219 g/mol. The predicted molar refractivity (Wildman–Crippen MR) is 68.4 cm³/mol. The predicted octanol–water partition coefficient (Wildman–Crippen LogP) is 2.82. The lowest BCUT2D eigenvalue weighted by Crippen LogP contribution is -2.17. The molecule has 3 heteroatoms. The molecule has 1 saturated carbocycles. The molecule has 0 amide bonds. The zero-order valence-electron chi connectivity index (χ0n) is 10.2. The zero-order chi connectivity index (χ0) is 11.5. The fourth-order valence-electron chi connectivity index (χ4n) is 2.49. The Labute approximate surface area is 97.5 Å². The maximum Gasteiger partial charge on any atom is 0.149 e. The number of aromatic nitrogens is 1. The van der Waals surface area contributed by atoms with Crippen molar-refractivity contribution in [1.29, 1.82) is 0 Å². The number of rotatable bonds is 3. The first-order chi connectivity index (χ1) is 7.66. The lowest BCUT2D eigenvalue weighted by Gasteiger charge is -2.17. The van der Waals surface area contributed by atoms with Gasteiger partial charge in [-0.1, -0.05) is 19.8 Å². The molecule has 0 radical (unpaired) electrons. The van der Waals surface area contributed by atoms with Crippen molar-refractivity contribution in [3.05, 3.63) is 17.8 Å². The summed E-state index contributed by atoms with van der Waals surface area (Å²) < 4.78 is 0. The molecule has 0 saturated heterocycles. The lowest BCUT2D eigenvalue weighted by atomic mass is 9.98. The summed E-state index contributed by atoms with van der Waals surface area (Å²) in [5, 5.41) is 3.38. The Kier molecular flexibility index (Phi) is 3.32. The molecule has 1 heterocycles. The van der Waals surface area contributed by atoms with Crippen LogP contribution < -0.4 is 11.1 Å². The summed E-state index contributed by atoms with van der Waals surface area (Å²) in [6.07, 6.45) is 5.92. The van der Waals surface area contributed by atoms with E-state index < -0.39 is 0 Å². The number of nitrogens with one attached hydrogen (secondary N) is 1. The largest absolute Gasteiger partial charge is 0.396 e. The second-order valence-electron chi connectivity index (χ2n) is 5.00. The van der Waals surface area contributed by atoms with Crippen molar-refractivity contribution in [3.63, 3.8) is 0 Å². The minimum atomic E-state index is 0.755. The van der Waals surface area contributed by atoms with Crippen molar-refractivity contribution in [2.24, 2.45) is 11.8 Å². The molecule has 88 valence electrons. The average Bonchev–Trinajstić information content (AvgIpc) is 2.63. The number of hydrogen-bond acceptors (Lipinski definition) is 3. The van der Waals surface area contributed by atoms with Gasteiger partial charge >= 0.3 is 0 Å². The van der Waals surface area contributed by atoms with E-state index >= 15 is 0 Å². The van der Waals surface area contributed by atoms with E-state index in [4.69, 9.17) is 5.73 Å². The molecule has 1 aromatic rings. The van der Waals surface area contributed by atoms with Crippen LogP contribution in [0.2, 0.25) is 0 Å². The van der Waals surface area contributed by atoms with Gasteiger partial charge in [0.15, 0.2) is 0 Å². The quantitative estimate of drug-likeness (QED) is 0.822.